The average Bonchev–Trinajstić information content (AvgIpc) is 3.21. The lowest BCUT2D eigenvalue weighted by Gasteiger charge is -2.64. The molecule has 2 N–H and O–H groups in total. The van der Waals surface area contributed by atoms with E-state index in [1.807, 2.05) is 0 Å². The first-order valence-electron chi connectivity index (χ1n) is 15.1. The molecule has 0 spiro atoms. The van der Waals surface area contributed by atoms with Gasteiger partial charge >= 0.3 is 6.09 Å². The number of fused-ring (bicyclic) bond motifs is 5. The van der Waals surface area contributed by atoms with Gasteiger partial charge in [-0.2, -0.15) is 0 Å². The van der Waals surface area contributed by atoms with E-state index < -0.39 is 0 Å². The smallest absolute Gasteiger partial charge is 0.409 e. The number of carbonyl (C=O) groups excluding carboxylic acids is 1. The molecule has 1 aliphatic heterocycles. The number of carbonyl (C=O) groups is 1. The molecule has 6 heteroatoms. The van der Waals surface area contributed by atoms with E-state index in [2.05, 4.69) is 20.8 Å². The van der Waals surface area contributed by atoms with Gasteiger partial charge in [-0.25, -0.2) is 4.79 Å². The Bertz CT molecular complexity index is 770. The lowest BCUT2D eigenvalue weighted by Crippen LogP contribution is -2.62. The van der Waals surface area contributed by atoms with Gasteiger partial charge in [0, 0.05) is 13.1 Å². The zero-order valence-corrected chi connectivity index (χ0v) is 23.0. The van der Waals surface area contributed by atoms with E-state index in [4.69, 9.17) is 9.47 Å². The van der Waals surface area contributed by atoms with Gasteiger partial charge in [-0.3, -0.25) is 0 Å². The predicted molar refractivity (Wildman–Crippen MR) is 139 cm³/mol. The highest BCUT2D eigenvalue weighted by atomic mass is 16.6. The molecule has 36 heavy (non-hydrogen) atoms. The number of hydrogen-bond donors (Lipinski definition) is 2. The first-order valence-corrected chi connectivity index (χ1v) is 15.1. The van der Waals surface area contributed by atoms with Crippen LogP contribution in [0.3, 0.4) is 0 Å². The SMILES string of the molecule is CC[C@H]1[C@@H](O)[C@@H]2[C@H](CC[C@]3(C)[C@@H](CCCCOC(=O)N4CCOCC4)CC[C@@H]23)[C@@]2(C)CC[C@@H](O)C[C@@H]12. The monoisotopic (exact) mass is 505 g/mol. The highest BCUT2D eigenvalue weighted by Crippen LogP contribution is 2.69. The summed E-state index contributed by atoms with van der Waals surface area (Å²) in [4.78, 5) is 14.0. The number of nitrogens with zero attached hydrogens (tertiary/aromatic N) is 1. The van der Waals surface area contributed by atoms with Crippen molar-refractivity contribution in [1.82, 2.24) is 4.90 Å². The third kappa shape index (κ3) is 4.62. The minimum absolute atomic E-state index is 0.182. The summed E-state index contributed by atoms with van der Waals surface area (Å²) in [6, 6.07) is 0. The average molecular weight is 506 g/mol. The van der Waals surface area contributed by atoms with Crippen LogP contribution in [0.15, 0.2) is 0 Å². The standard InChI is InChI=1S/C30H51NO5/c1-4-22-25-19-21(32)10-12-30(25,3)24-11-13-29(2)20(8-9-23(29)26(24)27(22)33)7-5-6-16-36-28(34)31-14-17-35-18-15-31/h20-27,32-33H,4-19H2,1-3H3/t20-,21+,22+,23-,24-,25-,26-,27+,29+,30+/m0/s1. The van der Waals surface area contributed by atoms with Crippen molar-refractivity contribution in [2.45, 2.75) is 104 Å². The third-order valence-electron chi connectivity index (χ3n) is 12.0. The first-order chi connectivity index (χ1) is 17.3. The van der Waals surface area contributed by atoms with Crippen LogP contribution in [0.25, 0.3) is 0 Å². The summed E-state index contributed by atoms with van der Waals surface area (Å²) >= 11 is 0. The molecular formula is C30H51NO5. The van der Waals surface area contributed by atoms with Crippen LogP contribution >= 0.6 is 0 Å². The highest BCUT2D eigenvalue weighted by molar-refractivity contribution is 5.67. The van der Waals surface area contributed by atoms with Gasteiger partial charge in [0.15, 0.2) is 0 Å². The summed E-state index contributed by atoms with van der Waals surface area (Å²) in [5, 5.41) is 22.3. The summed E-state index contributed by atoms with van der Waals surface area (Å²) in [5.74, 6) is 3.14. The van der Waals surface area contributed by atoms with Crippen molar-refractivity contribution in [2.24, 2.45) is 46.3 Å². The predicted octanol–water partition coefficient (Wildman–Crippen LogP) is 5.25. The van der Waals surface area contributed by atoms with Crippen molar-refractivity contribution in [3.63, 3.8) is 0 Å². The second-order valence-electron chi connectivity index (χ2n) is 13.4. The number of morpholine rings is 1. The molecule has 1 saturated heterocycles. The van der Waals surface area contributed by atoms with Gasteiger partial charge in [-0.15, -0.1) is 0 Å². The minimum Gasteiger partial charge on any atom is -0.449 e. The Hall–Kier alpha value is -0.850. The van der Waals surface area contributed by atoms with Crippen LogP contribution in [-0.4, -0.2) is 66.3 Å². The largest absolute Gasteiger partial charge is 0.449 e. The van der Waals surface area contributed by atoms with E-state index in [1.165, 1.54) is 32.1 Å². The molecule has 6 nitrogen and oxygen atoms in total. The zero-order valence-electron chi connectivity index (χ0n) is 23.0. The number of aliphatic hydroxyl groups excluding tert-OH is 2. The van der Waals surface area contributed by atoms with Crippen LogP contribution in [0.5, 0.6) is 0 Å². The van der Waals surface area contributed by atoms with Gasteiger partial charge < -0.3 is 24.6 Å². The molecule has 5 rings (SSSR count). The summed E-state index contributed by atoms with van der Waals surface area (Å²) in [6.45, 7) is 10.3. The summed E-state index contributed by atoms with van der Waals surface area (Å²) < 4.78 is 10.9. The summed E-state index contributed by atoms with van der Waals surface area (Å²) in [6.07, 6.45) is 11.7. The lowest BCUT2D eigenvalue weighted by molar-refractivity contribution is -0.202. The molecule has 4 saturated carbocycles. The van der Waals surface area contributed by atoms with Crippen LogP contribution in [0.2, 0.25) is 0 Å². The van der Waals surface area contributed by atoms with E-state index >= 15 is 0 Å². The molecule has 10 atom stereocenters. The van der Waals surface area contributed by atoms with Crippen molar-refractivity contribution >= 4 is 6.09 Å². The molecule has 5 fully saturated rings. The second kappa shape index (κ2) is 10.7. The Morgan fingerprint density at radius 3 is 2.44 bits per heavy atom. The normalized spacial score (nSPS) is 46.5. The molecule has 1 heterocycles. The molecule has 4 aliphatic carbocycles. The van der Waals surface area contributed by atoms with Gasteiger partial charge in [0.2, 0.25) is 0 Å². The van der Waals surface area contributed by atoms with Crippen molar-refractivity contribution in [3.05, 3.63) is 0 Å². The number of unbranched alkanes of at least 4 members (excludes halogenated alkanes) is 1. The van der Waals surface area contributed by atoms with Crippen LogP contribution in [0.4, 0.5) is 4.79 Å². The fraction of sp³-hybridized carbons (Fsp3) is 0.967. The molecule has 0 radical (unpaired) electrons. The van der Waals surface area contributed by atoms with E-state index in [0.29, 0.717) is 73.8 Å². The fourth-order valence-electron chi connectivity index (χ4n) is 10.0. The van der Waals surface area contributed by atoms with E-state index in [1.54, 1.807) is 4.90 Å². The molecular weight excluding hydrogens is 454 g/mol. The number of rotatable bonds is 6. The molecule has 1 amide bonds. The van der Waals surface area contributed by atoms with Crippen molar-refractivity contribution < 1.29 is 24.5 Å². The second-order valence-corrected chi connectivity index (χ2v) is 13.4. The maximum atomic E-state index is 12.2. The van der Waals surface area contributed by atoms with Crippen molar-refractivity contribution in [2.75, 3.05) is 32.9 Å². The molecule has 0 bridgehead atoms. The number of aliphatic hydroxyl groups is 2. The molecule has 0 aromatic carbocycles. The number of ether oxygens (including phenoxy) is 2. The summed E-state index contributed by atoms with van der Waals surface area (Å²) in [5.41, 5.74) is 0.593. The van der Waals surface area contributed by atoms with Gasteiger partial charge in [-0.05, 0) is 111 Å². The lowest BCUT2D eigenvalue weighted by atomic mass is 9.41. The van der Waals surface area contributed by atoms with Gasteiger partial charge in [0.05, 0.1) is 32.0 Å². The van der Waals surface area contributed by atoms with Crippen LogP contribution < -0.4 is 0 Å². The van der Waals surface area contributed by atoms with E-state index in [-0.39, 0.29) is 23.7 Å². The van der Waals surface area contributed by atoms with E-state index in [0.717, 1.165) is 38.5 Å². The third-order valence-corrected chi connectivity index (χ3v) is 12.0. The first kappa shape index (κ1) is 26.7. The topological polar surface area (TPSA) is 79.2 Å². The summed E-state index contributed by atoms with van der Waals surface area (Å²) in [7, 11) is 0. The molecule has 5 aliphatic rings. The van der Waals surface area contributed by atoms with Crippen molar-refractivity contribution in [1.29, 1.82) is 0 Å². The Morgan fingerprint density at radius 2 is 1.69 bits per heavy atom. The Labute approximate surface area is 218 Å². The van der Waals surface area contributed by atoms with Crippen LogP contribution in [0, 0.1) is 46.3 Å². The number of hydrogen-bond acceptors (Lipinski definition) is 5. The molecule has 206 valence electrons. The molecule has 0 aromatic heterocycles. The maximum Gasteiger partial charge on any atom is 0.409 e. The van der Waals surface area contributed by atoms with Gasteiger partial charge in [-0.1, -0.05) is 27.2 Å². The van der Waals surface area contributed by atoms with Crippen molar-refractivity contribution in [3.8, 4) is 0 Å². The Morgan fingerprint density at radius 1 is 0.972 bits per heavy atom. The molecule has 0 aromatic rings. The van der Waals surface area contributed by atoms with E-state index in [9.17, 15) is 15.0 Å². The highest BCUT2D eigenvalue weighted by Gasteiger charge is 2.64. The van der Waals surface area contributed by atoms with Crippen LogP contribution in [0.1, 0.15) is 91.4 Å². The zero-order chi connectivity index (χ0) is 25.5. The fourth-order valence-corrected chi connectivity index (χ4v) is 10.0. The number of amides is 1. The van der Waals surface area contributed by atoms with Gasteiger partial charge in [0.1, 0.15) is 0 Å². The minimum atomic E-state index is -0.216. The van der Waals surface area contributed by atoms with Gasteiger partial charge in [0.25, 0.3) is 0 Å². The molecule has 0 unspecified atom stereocenters. The van der Waals surface area contributed by atoms with Crippen LogP contribution in [-0.2, 0) is 9.47 Å². The Balaban J connectivity index is 1.18. The maximum absolute atomic E-state index is 12.2. The Kier molecular flexibility index (Phi) is 7.97. The quantitative estimate of drug-likeness (QED) is 0.482.